The normalized spacial score (nSPS) is 10.5. The Morgan fingerprint density at radius 3 is 2.68 bits per heavy atom. The van der Waals surface area contributed by atoms with Crippen LogP contribution in [-0.2, 0) is 6.42 Å². The lowest BCUT2D eigenvalue weighted by atomic mass is 10.1. The van der Waals surface area contributed by atoms with Gasteiger partial charge < -0.3 is 5.32 Å². The first kappa shape index (κ1) is 13.9. The first-order valence-electron chi connectivity index (χ1n) is 6.18. The molecule has 0 bridgehead atoms. The second kappa shape index (κ2) is 6.61. The molecular formula is C14H15BrFN3. The average molecular weight is 324 g/mol. The van der Waals surface area contributed by atoms with Crippen molar-refractivity contribution in [2.24, 2.45) is 0 Å². The van der Waals surface area contributed by atoms with E-state index >= 15 is 0 Å². The molecule has 1 N–H and O–H groups in total. The van der Waals surface area contributed by atoms with Crippen LogP contribution in [0.2, 0.25) is 0 Å². The standard InChI is InChI=1S/C14H15BrFN3/c1-2-7-17-14-12(15)9-18-13(19-14)8-10-3-5-11(16)6-4-10/h3-6,9H,2,7-8H2,1H3,(H,17,18,19). The highest BCUT2D eigenvalue weighted by Gasteiger charge is 2.05. The molecule has 5 heteroatoms. The lowest BCUT2D eigenvalue weighted by Gasteiger charge is -2.08. The van der Waals surface area contributed by atoms with Crippen molar-refractivity contribution >= 4 is 21.7 Å². The maximum atomic E-state index is 12.8. The smallest absolute Gasteiger partial charge is 0.144 e. The summed E-state index contributed by atoms with van der Waals surface area (Å²) in [5, 5.41) is 3.24. The van der Waals surface area contributed by atoms with Gasteiger partial charge in [0.15, 0.2) is 0 Å². The van der Waals surface area contributed by atoms with Crippen LogP contribution in [0.1, 0.15) is 24.7 Å². The van der Waals surface area contributed by atoms with Gasteiger partial charge in [-0.1, -0.05) is 19.1 Å². The molecule has 100 valence electrons. The van der Waals surface area contributed by atoms with Gasteiger partial charge in [0.2, 0.25) is 0 Å². The molecule has 0 radical (unpaired) electrons. The summed E-state index contributed by atoms with van der Waals surface area (Å²) < 4.78 is 13.7. The van der Waals surface area contributed by atoms with Crippen LogP contribution < -0.4 is 5.32 Å². The fraction of sp³-hybridized carbons (Fsp3) is 0.286. The van der Waals surface area contributed by atoms with Gasteiger partial charge >= 0.3 is 0 Å². The molecule has 0 saturated carbocycles. The van der Waals surface area contributed by atoms with E-state index < -0.39 is 0 Å². The molecule has 2 aromatic rings. The van der Waals surface area contributed by atoms with Gasteiger partial charge in [-0.25, -0.2) is 14.4 Å². The van der Waals surface area contributed by atoms with E-state index in [2.05, 4.69) is 38.1 Å². The molecule has 3 nitrogen and oxygen atoms in total. The summed E-state index contributed by atoms with van der Waals surface area (Å²) in [4.78, 5) is 8.74. The molecule has 1 heterocycles. The SMILES string of the molecule is CCCNc1nc(Cc2ccc(F)cc2)ncc1Br. The van der Waals surface area contributed by atoms with E-state index in [-0.39, 0.29) is 5.82 Å². The Kier molecular flexibility index (Phi) is 4.85. The summed E-state index contributed by atoms with van der Waals surface area (Å²) in [5.74, 6) is 1.29. The molecule has 0 unspecified atom stereocenters. The van der Waals surface area contributed by atoms with E-state index in [0.29, 0.717) is 12.2 Å². The molecule has 0 atom stereocenters. The number of aromatic nitrogens is 2. The summed E-state index contributed by atoms with van der Waals surface area (Å²) in [6.45, 7) is 2.97. The fourth-order valence-corrected chi connectivity index (χ4v) is 1.97. The summed E-state index contributed by atoms with van der Waals surface area (Å²) >= 11 is 3.42. The van der Waals surface area contributed by atoms with Crippen molar-refractivity contribution < 1.29 is 4.39 Å². The molecular weight excluding hydrogens is 309 g/mol. The van der Waals surface area contributed by atoms with Gasteiger partial charge in [-0.05, 0) is 40.0 Å². The quantitative estimate of drug-likeness (QED) is 0.909. The van der Waals surface area contributed by atoms with Crippen LogP contribution in [0.15, 0.2) is 34.9 Å². The van der Waals surface area contributed by atoms with E-state index in [4.69, 9.17) is 0 Å². The van der Waals surface area contributed by atoms with Gasteiger partial charge in [0.05, 0.1) is 4.47 Å². The topological polar surface area (TPSA) is 37.8 Å². The van der Waals surface area contributed by atoms with Gasteiger partial charge in [0, 0.05) is 19.2 Å². The number of halogens is 2. The van der Waals surface area contributed by atoms with E-state index in [9.17, 15) is 4.39 Å². The predicted octanol–water partition coefficient (Wildman–Crippen LogP) is 3.79. The highest BCUT2D eigenvalue weighted by Crippen LogP contribution is 2.19. The van der Waals surface area contributed by atoms with Crippen LogP contribution in [0.5, 0.6) is 0 Å². The van der Waals surface area contributed by atoms with Crippen LogP contribution in [0.25, 0.3) is 0 Å². The molecule has 0 amide bonds. The molecule has 0 saturated heterocycles. The summed E-state index contributed by atoms with van der Waals surface area (Å²) in [6.07, 6.45) is 3.36. The van der Waals surface area contributed by atoms with Crippen molar-refractivity contribution in [3.05, 3.63) is 52.1 Å². The molecule has 19 heavy (non-hydrogen) atoms. The van der Waals surface area contributed by atoms with Gasteiger partial charge in [0.25, 0.3) is 0 Å². The lowest BCUT2D eigenvalue weighted by molar-refractivity contribution is 0.627. The van der Waals surface area contributed by atoms with Gasteiger partial charge in [-0.3, -0.25) is 0 Å². The Labute approximate surface area is 120 Å². The van der Waals surface area contributed by atoms with Crippen molar-refractivity contribution in [3.63, 3.8) is 0 Å². The maximum absolute atomic E-state index is 12.8. The zero-order chi connectivity index (χ0) is 13.7. The van der Waals surface area contributed by atoms with Crippen LogP contribution in [0.4, 0.5) is 10.2 Å². The number of nitrogens with one attached hydrogen (secondary N) is 1. The van der Waals surface area contributed by atoms with Crippen LogP contribution in [-0.4, -0.2) is 16.5 Å². The number of anilines is 1. The van der Waals surface area contributed by atoms with Crippen LogP contribution in [0.3, 0.4) is 0 Å². The number of hydrogen-bond acceptors (Lipinski definition) is 3. The molecule has 1 aromatic carbocycles. The largest absolute Gasteiger partial charge is 0.369 e. The number of hydrogen-bond donors (Lipinski definition) is 1. The zero-order valence-electron chi connectivity index (χ0n) is 10.7. The number of benzene rings is 1. The molecule has 1 aromatic heterocycles. The van der Waals surface area contributed by atoms with Crippen LogP contribution in [0, 0.1) is 5.82 Å². The third-order valence-corrected chi connectivity index (χ3v) is 3.19. The molecule has 2 rings (SSSR count). The minimum absolute atomic E-state index is 0.231. The summed E-state index contributed by atoms with van der Waals surface area (Å²) in [5.41, 5.74) is 0.991. The molecule has 0 spiro atoms. The molecule has 0 aliphatic heterocycles. The maximum Gasteiger partial charge on any atom is 0.144 e. The summed E-state index contributed by atoms with van der Waals surface area (Å²) in [6, 6.07) is 6.40. The minimum Gasteiger partial charge on any atom is -0.369 e. The van der Waals surface area contributed by atoms with Crippen LogP contribution >= 0.6 is 15.9 Å². The van der Waals surface area contributed by atoms with Gasteiger partial charge in [0.1, 0.15) is 17.5 Å². The van der Waals surface area contributed by atoms with E-state index in [1.165, 1.54) is 12.1 Å². The number of nitrogens with zero attached hydrogens (tertiary/aromatic N) is 2. The van der Waals surface area contributed by atoms with Crippen molar-refractivity contribution in [3.8, 4) is 0 Å². The van der Waals surface area contributed by atoms with E-state index in [1.807, 2.05) is 0 Å². The third kappa shape index (κ3) is 3.99. The van der Waals surface area contributed by atoms with E-state index in [0.717, 1.165) is 28.8 Å². The fourth-order valence-electron chi connectivity index (χ4n) is 1.64. The van der Waals surface area contributed by atoms with Crippen molar-refractivity contribution in [1.82, 2.24) is 9.97 Å². The molecule has 0 aliphatic carbocycles. The van der Waals surface area contributed by atoms with Crippen molar-refractivity contribution in [1.29, 1.82) is 0 Å². The van der Waals surface area contributed by atoms with E-state index in [1.54, 1.807) is 18.3 Å². The summed E-state index contributed by atoms with van der Waals surface area (Å²) in [7, 11) is 0. The Balaban J connectivity index is 2.14. The van der Waals surface area contributed by atoms with Crippen molar-refractivity contribution in [2.45, 2.75) is 19.8 Å². The predicted molar refractivity (Wildman–Crippen MR) is 77.7 cm³/mol. The number of rotatable bonds is 5. The van der Waals surface area contributed by atoms with Gasteiger partial charge in [-0.15, -0.1) is 0 Å². The first-order valence-corrected chi connectivity index (χ1v) is 6.98. The average Bonchev–Trinajstić information content (AvgIpc) is 2.42. The Morgan fingerprint density at radius 2 is 2.00 bits per heavy atom. The first-order chi connectivity index (χ1) is 9.19. The molecule has 0 aliphatic rings. The zero-order valence-corrected chi connectivity index (χ0v) is 12.2. The highest BCUT2D eigenvalue weighted by atomic mass is 79.9. The highest BCUT2D eigenvalue weighted by molar-refractivity contribution is 9.10. The lowest BCUT2D eigenvalue weighted by Crippen LogP contribution is -2.06. The van der Waals surface area contributed by atoms with Crippen molar-refractivity contribution in [2.75, 3.05) is 11.9 Å². The minimum atomic E-state index is -0.231. The Morgan fingerprint density at radius 1 is 1.26 bits per heavy atom. The second-order valence-electron chi connectivity index (χ2n) is 4.21. The second-order valence-corrected chi connectivity index (χ2v) is 5.07. The monoisotopic (exact) mass is 323 g/mol. The Bertz CT molecular complexity index is 543. The molecule has 0 fully saturated rings. The van der Waals surface area contributed by atoms with Gasteiger partial charge in [-0.2, -0.15) is 0 Å². The third-order valence-electron chi connectivity index (χ3n) is 2.61. The Hall–Kier alpha value is -1.49.